The summed E-state index contributed by atoms with van der Waals surface area (Å²) >= 11 is 6.93. The monoisotopic (exact) mass is 483 g/mol. The zero-order valence-corrected chi connectivity index (χ0v) is 18.7. The molecule has 5 atom stereocenters. The molecule has 2 heterocycles. The van der Waals surface area contributed by atoms with Gasteiger partial charge < -0.3 is 18.9 Å². The number of hydrogen-bond acceptors (Lipinski definition) is 11. The maximum atomic E-state index is 11.8. The van der Waals surface area contributed by atoms with Gasteiger partial charge >= 0.3 is 17.9 Å². The van der Waals surface area contributed by atoms with Gasteiger partial charge in [0.1, 0.15) is 42.5 Å². The van der Waals surface area contributed by atoms with Crippen LogP contribution in [0.4, 0.5) is 0 Å². The number of rotatable bonds is 7. The van der Waals surface area contributed by atoms with Gasteiger partial charge in [-0.25, -0.2) is 4.98 Å². The van der Waals surface area contributed by atoms with Crippen molar-refractivity contribution >= 4 is 41.3 Å². The van der Waals surface area contributed by atoms with Crippen LogP contribution >= 0.6 is 23.4 Å². The molecular weight excluding hydrogens is 466 g/mol. The predicted molar refractivity (Wildman–Crippen MR) is 109 cm³/mol. The highest BCUT2D eigenvalue weighted by atomic mass is 35.5. The first-order valence-electron chi connectivity index (χ1n) is 9.06. The first-order valence-corrected chi connectivity index (χ1v) is 10.3. The van der Waals surface area contributed by atoms with E-state index in [-0.39, 0.29) is 17.3 Å². The van der Waals surface area contributed by atoms with Crippen molar-refractivity contribution in [2.45, 2.75) is 55.5 Å². The van der Waals surface area contributed by atoms with Gasteiger partial charge in [-0.2, -0.15) is 5.26 Å². The fraction of sp³-hybridized carbons (Fsp3) is 0.500. The number of thioether (sulfide) groups is 1. The van der Waals surface area contributed by atoms with Crippen LogP contribution in [0.2, 0.25) is 5.02 Å². The van der Waals surface area contributed by atoms with Crippen molar-refractivity contribution in [1.29, 1.82) is 5.26 Å². The molecule has 0 amide bonds. The lowest BCUT2D eigenvalue weighted by molar-refractivity contribution is -0.201. The SMILES string of the molecule is CC(=O)OC[C@H]1O[C@H](Sc2cc(Cl)cnc2C#N)[C@H](OC(C)=O)[C@@H](N=[N+]=[N-])[C@H]1OC(C)=O. The largest absolute Gasteiger partial charge is 0.463 e. The molecule has 1 aliphatic heterocycles. The lowest BCUT2D eigenvalue weighted by Crippen LogP contribution is -2.59. The number of hydrogen-bond donors (Lipinski definition) is 0. The van der Waals surface area contributed by atoms with Crippen molar-refractivity contribution in [2.75, 3.05) is 6.61 Å². The molecule has 14 heteroatoms. The van der Waals surface area contributed by atoms with Crippen molar-refractivity contribution < 1.29 is 33.3 Å². The Hall–Kier alpha value is -3.04. The van der Waals surface area contributed by atoms with Crippen molar-refractivity contribution in [3.05, 3.63) is 33.4 Å². The Morgan fingerprint density at radius 2 is 1.94 bits per heavy atom. The van der Waals surface area contributed by atoms with Crippen molar-refractivity contribution in [3.8, 4) is 6.07 Å². The maximum Gasteiger partial charge on any atom is 0.303 e. The highest BCUT2D eigenvalue weighted by Crippen LogP contribution is 2.39. The highest BCUT2D eigenvalue weighted by Gasteiger charge is 2.50. The molecule has 0 spiro atoms. The Balaban J connectivity index is 2.51. The Morgan fingerprint density at radius 1 is 1.28 bits per heavy atom. The third-order valence-corrected chi connectivity index (χ3v) is 5.41. The van der Waals surface area contributed by atoms with Gasteiger partial charge in [-0.05, 0) is 11.6 Å². The van der Waals surface area contributed by atoms with Gasteiger partial charge in [0.2, 0.25) is 0 Å². The zero-order chi connectivity index (χ0) is 23.8. The normalized spacial score (nSPS) is 24.4. The summed E-state index contributed by atoms with van der Waals surface area (Å²) in [5, 5.41) is 13.3. The van der Waals surface area contributed by atoms with E-state index in [1.165, 1.54) is 19.2 Å². The number of azide groups is 1. The van der Waals surface area contributed by atoms with Crippen LogP contribution in [-0.2, 0) is 33.3 Å². The van der Waals surface area contributed by atoms with Gasteiger partial charge in [0, 0.05) is 36.8 Å². The number of carbonyl (C=O) groups is 3. The van der Waals surface area contributed by atoms with E-state index in [9.17, 15) is 19.6 Å². The van der Waals surface area contributed by atoms with Crippen LogP contribution in [-0.4, -0.2) is 59.3 Å². The summed E-state index contributed by atoms with van der Waals surface area (Å²) in [6.45, 7) is 3.11. The second-order valence-corrected chi connectivity index (χ2v) is 8.00. The summed E-state index contributed by atoms with van der Waals surface area (Å²) in [6, 6.07) is 2.16. The minimum Gasteiger partial charge on any atom is -0.463 e. The summed E-state index contributed by atoms with van der Waals surface area (Å²) in [7, 11) is 0. The van der Waals surface area contributed by atoms with Gasteiger partial charge in [-0.3, -0.25) is 14.4 Å². The molecule has 1 saturated heterocycles. The molecule has 12 nitrogen and oxygen atoms in total. The maximum absolute atomic E-state index is 11.8. The molecule has 0 aliphatic carbocycles. The number of carbonyl (C=O) groups excluding carboxylic acids is 3. The lowest BCUT2D eigenvalue weighted by Gasteiger charge is -2.43. The lowest BCUT2D eigenvalue weighted by atomic mass is 9.97. The summed E-state index contributed by atoms with van der Waals surface area (Å²) in [5.74, 6) is -2.05. The third-order valence-electron chi connectivity index (χ3n) is 4.03. The Bertz CT molecular complexity index is 981. The Morgan fingerprint density at radius 3 is 2.50 bits per heavy atom. The fourth-order valence-corrected chi connectivity index (χ4v) is 4.32. The quantitative estimate of drug-likeness (QED) is 0.184. The van der Waals surface area contributed by atoms with Crippen molar-refractivity contribution in [2.24, 2.45) is 5.11 Å². The topological polar surface area (TPSA) is 174 Å². The van der Waals surface area contributed by atoms with Crippen LogP contribution < -0.4 is 0 Å². The number of halogens is 1. The first-order chi connectivity index (χ1) is 15.2. The number of esters is 3. The third kappa shape index (κ3) is 6.73. The molecule has 0 saturated carbocycles. The molecule has 170 valence electrons. The van der Waals surface area contributed by atoms with E-state index < -0.39 is 47.7 Å². The van der Waals surface area contributed by atoms with Crippen LogP contribution in [0.25, 0.3) is 10.4 Å². The molecule has 1 fully saturated rings. The van der Waals surface area contributed by atoms with Crippen molar-refractivity contribution in [1.82, 2.24) is 4.98 Å². The highest BCUT2D eigenvalue weighted by molar-refractivity contribution is 7.99. The second kappa shape index (κ2) is 11.5. The van der Waals surface area contributed by atoms with Gasteiger partial charge in [-0.1, -0.05) is 28.5 Å². The summed E-state index contributed by atoms with van der Waals surface area (Å²) in [6.07, 6.45) is -2.23. The second-order valence-electron chi connectivity index (χ2n) is 6.42. The van der Waals surface area contributed by atoms with Gasteiger partial charge in [0.25, 0.3) is 0 Å². The number of nitrogens with zero attached hydrogens (tertiary/aromatic N) is 5. The van der Waals surface area contributed by atoms with Gasteiger partial charge in [0.05, 0.1) is 5.02 Å². The molecule has 1 aromatic heterocycles. The van der Waals surface area contributed by atoms with E-state index in [4.69, 9.17) is 36.1 Å². The minimum absolute atomic E-state index is 0.0311. The van der Waals surface area contributed by atoms with Crippen LogP contribution in [0.1, 0.15) is 26.5 Å². The van der Waals surface area contributed by atoms with Crippen LogP contribution in [0.15, 0.2) is 22.3 Å². The number of ether oxygens (including phenoxy) is 4. The molecule has 0 unspecified atom stereocenters. The smallest absolute Gasteiger partial charge is 0.303 e. The minimum atomic E-state index is -1.23. The molecule has 0 bridgehead atoms. The standard InChI is InChI=1S/C18H18ClN5O7S/c1-8(25)28-7-13-16(29-9(2)26)15(23-24-21)17(30-10(3)27)18(31-13)32-14-4-11(19)6-22-12(14)5-20/h4,6,13,15-18H,7H2,1-3H3/t13-,15+,16+,17-,18-/m1/s1. The van der Waals surface area contributed by atoms with Crippen LogP contribution in [0, 0.1) is 11.3 Å². The number of pyridine rings is 1. The zero-order valence-electron chi connectivity index (χ0n) is 17.1. The van der Waals surface area contributed by atoms with Crippen molar-refractivity contribution in [3.63, 3.8) is 0 Å². The van der Waals surface area contributed by atoms with Gasteiger partial charge in [-0.15, -0.1) is 0 Å². The average Bonchev–Trinajstić information content (AvgIpc) is 2.70. The fourth-order valence-electron chi connectivity index (χ4n) is 2.89. The number of nitriles is 1. The molecule has 0 radical (unpaired) electrons. The van der Waals surface area contributed by atoms with E-state index in [0.717, 1.165) is 25.6 Å². The molecule has 0 aromatic carbocycles. The molecule has 1 aromatic rings. The molecular formula is C18H18ClN5O7S. The van der Waals surface area contributed by atoms with E-state index in [0.29, 0.717) is 4.90 Å². The van der Waals surface area contributed by atoms with E-state index in [1.54, 1.807) is 0 Å². The molecule has 2 rings (SSSR count). The van der Waals surface area contributed by atoms with E-state index >= 15 is 0 Å². The van der Waals surface area contributed by atoms with Gasteiger partial charge in [0.15, 0.2) is 5.69 Å². The predicted octanol–water partition coefficient (Wildman–Crippen LogP) is 2.53. The first kappa shape index (κ1) is 25.2. The summed E-state index contributed by atoms with van der Waals surface area (Å²) < 4.78 is 21.6. The Kier molecular flexibility index (Phi) is 9.10. The summed E-state index contributed by atoms with van der Waals surface area (Å²) in [4.78, 5) is 41.8. The number of aromatic nitrogens is 1. The Labute approximate surface area is 191 Å². The van der Waals surface area contributed by atoms with Crippen LogP contribution in [0.3, 0.4) is 0 Å². The molecule has 32 heavy (non-hydrogen) atoms. The molecule has 1 aliphatic rings. The van der Waals surface area contributed by atoms with Crippen LogP contribution in [0.5, 0.6) is 0 Å². The average molecular weight is 484 g/mol. The molecule has 0 N–H and O–H groups in total. The summed E-state index contributed by atoms with van der Waals surface area (Å²) in [5.41, 5.74) is 8.07. The van der Waals surface area contributed by atoms with E-state index in [2.05, 4.69) is 15.0 Å². The van der Waals surface area contributed by atoms with E-state index in [1.807, 2.05) is 6.07 Å².